The highest BCUT2D eigenvalue weighted by Crippen LogP contribution is 2.30. The summed E-state index contributed by atoms with van der Waals surface area (Å²) >= 11 is 9.42. The Morgan fingerprint density at radius 2 is 2.22 bits per heavy atom. The second kappa shape index (κ2) is 6.29. The largest absolute Gasteiger partial charge is 0.409 e. The van der Waals surface area contributed by atoms with E-state index in [1.54, 1.807) is 0 Å². The molecule has 0 saturated carbocycles. The first kappa shape index (κ1) is 15.1. The van der Waals surface area contributed by atoms with Gasteiger partial charge in [0, 0.05) is 17.6 Å². The fourth-order valence-corrected chi connectivity index (χ4v) is 1.99. The molecule has 4 N–H and O–H groups in total. The van der Waals surface area contributed by atoms with Crippen LogP contribution in [0.5, 0.6) is 0 Å². The van der Waals surface area contributed by atoms with Gasteiger partial charge >= 0.3 is 0 Å². The minimum Gasteiger partial charge on any atom is -0.409 e. The summed E-state index contributed by atoms with van der Waals surface area (Å²) in [6.07, 6.45) is 0.738. The Balaban J connectivity index is 2.60. The van der Waals surface area contributed by atoms with Crippen LogP contribution in [-0.4, -0.2) is 17.6 Å². The normalized spacial score (nSPS) is 12.6. The zero-order chi connectivity index (χ0) is 13.8. The summed E-state index contributed by atoms with van der Waals surface area (Å²) in [6.45, 7) is 4.55. The molecule has 0 radical (unpaired) electrons. The summed E-state index contributed by atoms with van der Waals surface area (Å²) in [5, 5.41) is 15.7. The Kier molecular flexibility index (Phi) is 5.28. The summed E-state index contributed by atoms with van der Waals surface area (Å²) in [7, 11) is 0. The maximum atomic E-state index is 8.68. The Morgan fingerprint density at radius 3 is 2.83 bits per heavy atom. The SMILES string of the molecule is CC(C)(CCNc1cccc(Cl)c1Br)/C(N)=N/O. The van der Waals surface area contributed by atoms with Gasteiger partial charge in [-0.1, -0.05) is 36.7 Å². The third-order valence-corrected chi connectivity index (χ3v) is 4.22. The van der Waals surface area contributed by atoms with Crippen LogP contribution in [0.4, 0.5) is 5.69 Å². The van der Waals surface area contributed by atoms with Gasteiger partial charge in [-0.2, -0.15) is 0 Å². The van der Waals surface area contributed by atoms with Crippen LogP contribution < -0.4 is 11.1 Å². The van der Waals surface area contributed by atoms with Crippen LogP contribution in [0.15, 0.2) is 27.8 Å². The predicted octanol–water partition coefficient (Wildman–Crippen LogP) is 3.68. The van der Waals surface area contributed by atoms with Crippen molar-refractivity contribution in [2.24, 2.45) is 16.3 Å². The van der Waals surface area contributed by atoms with E-state index in [0.29, 0.717) is 11.6 Å². The van der Waals surface area contributed by atoms with Crippen LogP contribution in [0, 0.1) is 5.41 Å². The average molecular weight is 335 g/mol. The number of amidine groups is 1. The maximum Gasteiger partial charge on any atom is 0.144 e. The number of oxime groups is 1. The quantitative estimate of drug-likeness (QED) is 0.333. The summed E-state index contributed by atoms with van der Waals surface area (Å²) in [4.78, 5) is 0. The summed E-state index contributed by atoms with van der Waals surface area (Å²) in [5.41, 5.74) is 6.20. The van der Waals surface area contributed by atoms with Crippen molar-refractivity contribution >= 4 is 39.1 Å². The highest BCUT2D eigenvalue weighted by atomic mass is 79.9. The molecule has 0 bridgehead atoms. The molecule has 0 spiro atoms. The van der Waals surface area contributed by atoms with Gasteiger partial charge in [-0.05, 0) is 34.5 Å². The van der Waals surface area contributed by atoms with Crippen LogP contribution in [0.2, 0.25) is 5.02 Å². The number of benzene rings is 1. The van der Waals surface area contributed by atoms with E-state index in [1.807, 2.05) is 32.0 Å². The fraction of sp³-hybridized carbons (Fsp3) is 0.417. The molecule has 0 aliphatic rings. The summed E-state index contributed by atoms with van der Waals surface area (Å²) < 4.78 is 0.841. The zero-order valence-corrected chi connectivity index (χ0v) is 12.7. The smallest absolute Gasteiger partial charge is 0.144 e. The molecule has 1 rings (SSSR count). The van der Waals surface area contributed by atoms with Gasteiger partial charge in [0.05, 0.1) is 9.50 Å². The van der Waals surface area contributed by atoms with Crippen molar-refractivity contribution in [1.82, 2.24) is 0 Å². The Bertz CT molecular complexity index is 449. The minimum absolute atomic E-state index is 0.231. The lowest BCUT2D eigenvalue weighted by Gasteiger charge is -2.23. The molecule has 1 aromatic rings. The van der Waals surface area contributed by atoms with Crippen LogP contribution >= 0.6 is 27.5 Å². The predicted molar refractivity (Wildman–Crippen MR) is 79.4 cm³/mol. The average Bonchev–Trinajstić information content (AvgIpc) is 2.33. The molecular weight excluding hydrogens is 318 g/mol. The van der Waals surface area contributed by atoms with Crippen molar-refractivity contribution in [3.05, 3.63) is 27.7 Å². The van der Waals surface area contributed by atoms with Gasteiger partial charge < -0.3 is 16.3 Å². The van der Waals surface area contributed by atoms with E-state index in [9.17, 15) is 0 Å². The lowest BCUT2D eigenvalue weighted by atomic mass is 9.88. The van der Waals surface area contributed by atoms with E-state index in [-0.39, 0.29) is 11.3 Å². The van der Waals surface area contributed by atoms with Crippen molar-refractivity contribution in [1.29, 1.82) is 0 Å². The zero-order valence-electron chi connectivity index (χ0n) is 10.4. The van der Waals surface area contributed by atoms with Gasteiger partial charge in [0.25, 0.3) is 0 Å². The second-order valence-electron chi connectivity index (χ2n) is 4.65. The number of halogens is 2. The highest BCUT2D eigenvalue weighted by Gasteiger charge is 2.23. The molecule has 0 fully saturated rings. The molecule has 6 heteroatoms. The topological polar surface area (TPSA) is 70.6 Å². The molecule has 0 saturated heterocycles. The number of nitrogens with zero attached hydrogens (tertiary/aromatic N) is 1. The van der Waals surface area contributed by atoms with Crippen molar-refractivity contribution < 1.29 is 5.21 Å². The van der Waals surface area contributed by atoms with Gasteiger partial charge in [0.15, 0.2) is 0 Å². The Labute approximate surface area is 120 Å². The first-order chi connectivity index (χ1) is 8.38. The monoisotopic (exact) mass is 333 g/mol. The molecule has 0 aromatic heterocycles. The molecule has 0 aliphatic carbocycles. The molecule has 0 amide bonds. The van der Waals surface area contributed by atoms with E-state index in [0.717, 1.165) is 16.6 Å². The number of hydrogen-bond donors (Lipinski definition) is 3. The van der Waals surface area contributed by atoms with Gasteiger partial charge in [0.1, 0.15) is 5.84 Å². The Hall–Kier alpha value is -0.940. The van der Waals surface area contributed by atoms with Crippen molar-refractivity contribution in [2.75, 3.05) is 11.9 Å². The number of rotatable bonds is 5. The molecule has 0 atom stereocenters. The van der Waals surface area contributed by atoms with Gasteiger partial charge in [-0.25, -0.2) is 0 Å². The molecule has 0 aliphatic heterocycles. The van der Waals surface area contributed by atoms with E-state index in [1.165, 1.54) is 0 Å². The number of anilines is 1. The van der Waals surface area contributed by atoms with E-state index >= 15 is 0 Å². The number of nitrogens with one attached hydrogen (secondary N) is 1. The van der Waals surface area contributed by atoms with E-state index < -0.39 is 0 Å². The van der Waals surface area contributed by atoms with E-state index in [2.05, 4.69) is 26.4 Å². The molecule has 18 heavy (non-hydrogen) atoms. The fourth-order valence-electron chi connectivity index (χ4n) is 1.41. The second-order valence-corrected chi connectivity index (χ2v) is 5.85. The lowest BCUT2D eigenvalue weighted by molar-refractivity contribution is 0.306. The van der Waals surface area contributed by atoms with Crippen molar-refractivity contribution in [3.63, 3.8) is 0 Å². The van der Waals surface area contributed by atoms with Crippen LogP contribution in [0.25, 0.3) is 0 Å². The van der Waals surface area contributed by atoms with Crippen LogP contribution in [-0.2, 0) is 0 Å². The van der Waals surface area contributed by atoms with Gasteiger partial charge in [-0.3, -0.25) is 0 Å². The van der Waals surface area contributed by atoms with Crippen molar-refractivity contribution in [3.8, 4) is 0 Å². The minimum atomic E-state index is -0.354. The Morgan fingerprint density at radius 1 is 1.56 bits per heavy atom. The molecule has 4 nitrogen and oxygen atoms in total. The molecule has 0 unspecified atom stereocenters. The van der Waals surface area contributed by atoms with Gasteiger partial charge in [-0.15, -0.1) is 0 Å². The number of nitrogens with two attached hydrogens (primary N) is 1. The molecule has 0 heterocycles. The third kappa shape index (κ3) is 3.78. The standard InChI is InChI=1S/C12H17BrClN3O/c1-12(2,11(15)17-18)6-7-16-9-5-3-4-8(14)10(9)13/h3-5,16,18H,6-7H2,1-2H3,(H2,15,17). The van der Waals surface area contributed by atoms with Crippen molar-refractivity contribution in [2.45, 2.75) is 20.3 Å². The van der Waals surface area contributed by atoms with Gasteiger partial charge in [0.2, 0.25) is 0 Å². The molecule has 100 valence electrons. The van der Waals surface area contributed by atoms with Crippen LogP contribution in [0.1, 0.15) is 20.3 Å². The maximum absolute atomic E-state index is 8.68. The first-order valence-corrected chi connectivity index (χ1v) is 6.71. The summed E-state index contributed by atoms with van der Waals surface area (Å²) in [5.74, 6) is 0.231. The third-order valence-electron chi connectivity index (χ3n) is 2.82. The highest BCUT2D eigenvalue weighted by molar-refractivity contribution is 9.10. The number of hydrogen-bond acceptors (Lipinski definition) is 3. The molecular formula is C12H17BrClN3O. The first-order valence-electron chi connectivity index (χ1n) is 5.54. The summed E-state index contributed by atoms with van der Waals surface area (Å²) in [6, 6.07) is 5.63. The molecule has 1 aromatic carbocycles. The van der Waals surface area contributed by atoms with E-state index in [4.69, 9.17) is 22.5 Å². The van der Waals surface area contributed by atoms with Crippen LogP contribution in [0.3, 0.4) is 0 Å². The lowest BCUT2D eigenvalue weighted by Crippen LogP contribution is -2.33.